The first-order valence-electron chi connectivity index (χ1n) is 5.22. The number of benzene rings is 1. The van der Waals surface area contributed by atoms with Gasteiger partial charge in [0.15, 0.2) is 0 Å². The van der Waals surface area contributed by atoms with Crippen molar-refractivity contribution in [1.82, 2.24) is 5.32 Å². The fourth-order valence-corrected chi connectivity index (χ4v) is 1.62. The fraction of sp³-hybridized carbons (Fsp3) is 0.417. The van der Waals surface area contributed by atoms with Gasteiger partial charge in [0.1, 0.15) is 0 Å². The molecule has 1 aromatic rings. The van der Waals surface area contributed by atoms with Crippen LogP contribution in [-0.2, 0) is 5.88 Å². The zero-order valence-electron chi connectivity index (χ0n) is 8.50. The quantitative estimate of drug-likeness (QED) is 0.781. The number of carbonyl (C=O) groups is 1. The van der Waals surface area contributed by atoms with Crippen molar-refractivity contribution in [1.29, 1.82) is 0 Å². The first-order chi connectivity index (χ1) is 7.29. The molecule has 0 bridgehead atoms. The maximum absolute atomic E-state index is 11.7. The molecule has 0 aromatic heterocycles. The summed E-state index contributed by atoms with van der Waals surface area (Å²) < 4.78 is 0. The third-order valence-electron chi connectivity index (χ3n) is 2.59. The molecule has 15 heavy (non-hydrogen) atoms. The van der Waals surface area contributed by atoms with Crippen molar-refractivity contribution in [2.24, 2.45) is 5.92 Å². The molecule has 1 saturated carbocycles. The van der Waals surface area contributed by atoms with E-state index >= 15 is 0 Å². The predicted octanol–water partition coefficient (Wildman–Crippen LogP) is 2.57. The zero-order valence-corrected chi connectivity index (χ0v) is 9.26. The number of amides is 1. The molecular formula is C12H14ClNO. The summed E-state index contributed by atoms with van der Waals surface area (Å²) in [6.45, 7) is 0.809. The molecule has 1 fully saturated rings. The number of hydrogen-bond donors (Lipinski definition) is 1. The van der Waals surface area contributed by atoms with Gasteiger partial charge in [-0.1, -0.05) is 12.1 Å². The van der Waals surface area contributed by atoms with Gasteiger partial charge in [-0.3, -0.25) is 4.79 Å². The van der Waals surface area contributed by atoms with E-state index in [1.165, 1.54) is 12.8 Å². The third kappa shape index (κ3) is 2.96. The Bertz CT molecular complexity index is 360. The molecule has 1 N–H and O–H groups in total. The third-order valence-corrected chi connectivity index (χ3v) is 2.90. The van der Waals surface area contributed by atoms with Gasteiger partial charge in [-0.15, -0.1) is 11.6 Å². The second-order valence-corrected chi connectivity index (χ2v) is 4.25. The SMILES string of the molecule is O=C(NCC1CC1)c1cccc(CCl)c1. The van der Waals surface area contributed by atoms with E-state index in [-0.39, 0.29) is 5.91 Å². The van der Waals surface area contributed by atoms with Crippen LogP contribution in [0.5, 0.6) is 0 Å². The van der Waals surface area contributed by atoms with Gasteiger partial charge < -0.3 is 5.32 Å². The lowest BCUT2D eigenvalue weighted by molar-refractivity contribution is 0.0951. The summed E-state index contributed by atoms with van der Waals surface area (Å²) in [7, 11) is 0. The molecule has 1 aromatic carbocycles. The van der Waals surface area contributed by atoms with Crippen LogP contribution >= 0.6 is 11.6 Å². The van der Waals surface area contributed by atoms with E-state index in [1.54, 1.807) is 0 Å². The van der Waals surface area contributed by atoms with Gasteiger partial charge in [0.05, 0.1) is 0 Å². The van der Waals surface area contributed by atoms with Gasteiger partial charge in [-0.25, -0.2) is 0 Å². The van der Waals surface area contributed by atoms with E-state index in [2.05, 4.69) is 5.32 Å². The molecule has 80 valence electrons. The van der Waals surface area contributed by atoms with Crippen molar-refractivity contribution in [3.63, 3.8) is 0 Å². The maximum atomic E-state index is 11.7. The lowest BCUT2D eigenvalue weighted by atomic mass is 10.1. The molecular weight excluding hydrogens is 210 g/mol. The zero-order chi connectivity index (χ0) is 10.7. The monoisotopic (exact) mass is 223 g/mol. The first kappa shape index (κ1) is 10.5. The summed E-state index contributed by atoms with van der Waals surface area (Å²) >= 11 is 5.71. The molecule has 1 amide bonds. The van der Waals surface area contributed by atoms with E-state index < -0.39 is 0 Å². The minimum Gasteiger partial charge on any atom is -0.352 e. The number of halogens is 1. The van der Waals surface area contributed by atoms with Gasteiger partial charge in [0.2, 0.25) is 0 Å². The van der Waals surface area contributed by atoms with Gasteiger partial charge in [-0.2, -0.15) is 0 Å². The minimum absolute atomic E-state index is 0.00821. The van der Waals surface area contributed by atoms with Crippen molar-refractivity contribution < 1.29 is 4.79 Å². The van der Waals surface area contributed by atoms with Crippen molar-refractivity contribution in [2.75, 3.05) is 6.54 Å². The van der Waals surface area contributed by atoms with Gasteiger partial charge in [0, 0.05) is 18.0 Å². The molecule has 0 heterocycles. The van der Waals surface area contributed by atoms with Crippen LogP contribution in [0, 0.1) is 5.92 Å². The molecule has 3 heteroatoms. The Hall–Kier alpha value is -1.02. The Morgan fingerprint density at radius 3 is 2.93 bits per heavy atom. The lowest BCUT2D eigenvalue weighted by Gasteiger charge is -2.04. The molecule has 1 aliphatic rings. The molecule has 1 aliphatic carbocycles. The van der Waals surface area contributed by atoms with Crippen LogP contribution in [0.1, 0.15) is 28.8 Å². The summed E-state index contributed by atoms with van der Waals surface area (Å²) in [4.78, 5) is 11.7. The molecule has 0 unspecified atom stereocenters. The molecule has 2 nitrogen and oxygen atoms in total. The summed E-state index contributed by atoms with van der Waals surface area (Å²) in [5.41, 5.74) is 1.68. The highest BCUT2D eigenvalue weighted by atomic mass is 35.5. The van der Waals surface area contributed by atoms with Crippen LogP contribution in [0.15, 0.2) is 24.3 Å². The Kier molecular flexibility index (Phi) is 3.27. The lowest BCUT2D eigenvalue weighted by Crippen LogP contribution is -2.25. The largest absolute Gasteiger partial charge is 0.352 e. The topological polar surface area (TPSA) is 29.1 Å². The van der Waals surface area contributed by atoms with E-state index in [9.17, 15) is 4.79 Å². The van der Waals surface area contributed by atoms with Crippen LogP contribution in [0.2, 0.25) is 0 Å². The summed E-state index contributed by atoms with van der Waals surface area (Å²) in [5, 5.41) is 2.93. The van der Waals surface area contributed by atoms with E-state index in [0.717, 1.165) is 12.1 Å². The minimum atomic E-state index is 0.00821. The average Bonchev–Trinajstić information content (AvgIpc) is 3.10. The summed E-state index contributed by atoms with van der Waals surface area (Å²) in [5.74, 6) is 1.17. The first-order valence-corrected chi connectivity index (χ1v) is 5.76. The van der Waals surface area contributed by atoms with Crippen molar-refractivity contribution in [3.8, 4) is 0 Å². The normalized spacial score (nSPS) is 15.0. The Morgan fingerprint density at radius 2 is 2.27 bits per heavy atom. The highest BCUT2D eigenvalue weighted by molar-refractivity contribution is 6.17. The fourth-order valence-electron chi connectivity index (χ4n) is 1.46. The second-order valence-electron chi connectivity index (χ2n) is 3.99. The molecule has 0 atom stereocenters. The number of alkyl halides is 1. The van der Waals surface area contributed by atoms with Crippen LogP contribution in [0.3, 0.4) is 0 Å². The molecule has 0 aliphatic heterocycles. The predicted molar refractivity (Wildman–Crippen MR) is 61.1 cm³/mol. The van der Waals surface area contributed by atoms with Gasteiger partial charge in [-0.05, 0) is 36.5 Å². The Balaban J connectivity index is 1.96. The number of hydrogen-bond acceptors (Lipinski definition) is 1. The molecule has 0 saturated heterocycles. The highest BCUT2D eigenvalue weighted by Crippen LogP contribution is 2.27. The van der Waals surface area contributed by atoms with Gasteiger partial charge >= 0.3 is 0 Å². The van der Waals surface area contributed by atoms with E-state index in [1.807, 2.05) is 24.3 Å². The number of carbonyl (C=O) groups excluding carboxylic acids is 1. The Morgan fingerprint density at radius 1 is 1.47 bits per heavy atom. The average molecular weight is 224 g/mol. The highest BCUT2D eigenvalue weighted by Gasteiger charge is 2.21. The smallest absolute Gasteiger partial charge is 0.251 e. The molecule has 0 radical (unpaired) electrons. The number of rotatable bonds is 4. The number of nitrogens with one attached hydrogen (secondary N) is 1. The van der Waals surface area contributed by atoms with Crippen LogP contribution in [0.4, 0.5) is 0 Å². The summed E-state index contributed by atoms with van der Waals surface area (Å²) in [6.07, 6.45) is 2.50. The molecule has 0 spiro atoms. The van der Waals surface area contributed by atoms with E-state index in [4.69, 9.17) is 11.6 Å². The Labute approximate surface area is 94.6 Å². The summed E-state index contributed by atoms with van der Waals surface area (Å²) in [6, 6.07) is 7.45. The van der Waals surface area contributed by atoms with Crippen LogP contribution in [-0.4, -0.2) is 12.5 Å². The van der Waals surface area contributed by atoms with Crippen molar-refractivity contribution in [3.05, 3.63) is 35.4 Å². The van der Waals surface area contributed by atoms with Crippen LogP contribution < -0.4 is 5.32 Å². The maximum Gasteiger partial charge on any atom is 0.251 e. The van der Waals surface area contributed by atoms with E-state index in [0.29, 0.717) is 17.4 Å². The molecule has 2 rings (SSSR count). The van der Waals surface area contributed by atoms with Gasteiger partial charge in [0.25, 0.3) is 5.91 Å². The van der Waals surface area contributed by atoms with Crippen LogP contribution in [0.25, 0.3) is 0 Å². The van der Waals surface area contributed by atoms with Crippen molar-refractivity contribution in [2.45, 2.75) is 18.7 Å². The van der Waals surface area contributed by atoms with Crippen molar-refractivity contribution >= 4 is 17.5 Å². The second kappa shape index (κ2) is 4.67. The standard InChI is InChI=1S/C12H14ClNO/c13-7-10-2-1-3-11(6-10)12(15)14-8-9-4-5-9/h1-3,6,9H,4-5,7-8H2,(H,14,15).